The van der Waals surface area contributed by atoms with Gasteiger partial charge in [0.1, 0.15) is 17.3 Å². The van der Waals surface area contributed by atoms with Gasteiger partial charge in [-0.05, 0) is 94.1 Å². The number of carbonyl (C=O) groups is 2. The zero-order valence-corrected chi connectivity index (χ0v) is 25.5. The lowest BCUT2D eigenvalue weighted by atomic mass is 10.0. The summed E-state index contributed by atoms with van der Waals surface area (Å²) in [5.41, 5.74) is 3.46. The Morgan fingerprint density at radius 2 is 1.81 bits per heavy atom. The van der Waals surface area contributed by atoms with Crippen molar-refractivity contribution in [3.05, 3.63) is 71.8 Å². The molecule has 0 unspecified atom stereocenters. The number of fused-ring (bicyclic) bond motifs is 1. The van der Waals surface area contributed by atoms with E-state index in [9.17, 15) is 14.0 Å². The summed E-state index contributed by atoms with van der Waals surface area (Å²) < 4.78 is 21.8. The Hall–Kier alpha value is -3.53. The van der Waals surface area contributed by atoms with E-state index in [1.807, 2.05) is 25.4 Å². The molecule has 0 N–H and O–H groups in total. The Morgan fingerprint density at radius 1 is 1.02 bits per heavy atom. The quantitative estimate of drug-likeness (QED) is 0.179. The number of nitrogens with zero attached hydrogens (tertiary/aromatic N) is 4. The topological polar surface area (TPSA) is 75.6 Å². The van der Waals surface area contributed by atoms with Crippen LogP contribution >= 0.6 is 11.3 Å². The minimum atomic E-state index is -0.483. The number of halogens is 1. The first-order valence-corrected chi connectivity index (χ1v) is 15.9. The smallest absolute Gasteiger partial charge is 0.166 e. The Labute approximate surface area is 255 Å². The highest BCUT2D eigenvalue weighted by molar-refractivity contribution is 7.22. The van der Waals surface area contributed by atoms with Crippen molar-refractivity contribution in [1.29, 1.82) is 0 Å². The number of piperidine rings is 1. The molecule has 2 aliphatic rings. The number of carbonyl (C=O) groups excluding carboxylic acids is 2. The van der Waals surface area contributed by atoms with Crippen LogP contribution < -0.4 is 4.74 Å². The van der Waals surface area contributed by atoms with Crippen molar-refractivity contribution in [3.63, 3.8) is 0 Å². The number of hydrogen-bond acceptors (Lipinski definition) is 8. The Balaban J connectivity index is 1.09. The fourth-order valence-corrected chi connectivity index (χ4v) is 6.88. The van der Waals surface area contributed by atoms with Crippen LogP contribution in [0.15, 0.2) is 54.9 Å². The summed E-state index contributed by atoms with van der Waals surface area (Å²) in [5, 5.41) is 0. The van der Waals surface area contributed by atoms with Gasteiger partial charge in [0.2, 0.25) is 0 Å². The zero-order chi connectivity index (χ0) is 29.9. The van der Waals surface area contributed by atoms with E-state index < -0.39 is 5.82 Å². The molecule has 224 valence electrons. The van der Waals surface area contributed by atoms with Gasteiger partial charge in [0.25, 0.3) is 0 Å². The highest BCUT2D eigenvalue weighted by Gasteiger charge is 2.25. The third kappa shape index (κ3) is 7.52. The summed E-state index contributed by atoms with van der Waals surface area (Å²) in [7, 11) is 2.04. The van der Waals surface area contributed by atoms with Gasteiger partial charge in [-0.25, -0.2) is 4.39 Å². The molecule has 1 aromatic carbocycles. The lowest BCUT2D eigenvalue weighted by Crippen LogP contribution is -2.44. The van der Waals surface area contributed by atoms with Crippen molar-refractivity contribution < 1.29 is 18.7 Å². The molecular formula is C34H37FN4O3S. The molecule has 1 saturated carbocycles. The maximum atomic E-state index is 15.0. The number of pyridine rings is 2. The van der Waals surface area contributed by atoms with Crippen molar-refractivity contribution in [2.24, 2.45) is 5.92 Å². The molecule has 6 rings (SSSR count). The van der Waals surface area contributed by atoms with E-state index >= 15 is 0 Å². The second-order valence-electron chi connectivity index (χ2n) is 12.0. The van der Waals surface area contributed by atoms with E-state index in [2.05, 4.69) is 20.9 Å². The van der Waals surface area contributed by atoms with Gasteiger partial charge in [-0.1, -0.05) is 12.1 Å². The Kier molecular flexibility index (Phi) is 8.93. The van der Waals surface area contributed by atoms with Crippen molar-refractivity contribution in [1.82, 2.24) is 19.8 Å². The second kappa shape index (κ2) is 13.0. The van der Waals surface area contributed by atoms with Crippen LogP contribution in [-0.2, 0) is 22.6 Å². The number of benzene rings is 1. The average molecular weight is 601 g/mol. The summed E-state index contributed by atoms with van der Waals surface area (Å²) in [6, 6.07) is 13.1. The fraction of sp³-hybridized carbons (Fsp3) is 0.412. The number of rotatable bonds is 12. The van der Waals surface area contributed by atoms with Crippen molar-refractivity contribution in [2.75, 3.05) is 26.7 Å². The second-order valence-corrected chi connectivity index (χ2v) is 13.1. The van der Waals surface area contributed by atoms with Crippen LogP contribution in [0.5, 0.6) is 11.5 Å². The largest absolute Gasteiger partial charge is 0.453 e. The minimum absolute atomic E-state index is 0.123. The predicted octanol–water partition coefficient (Wildman–Crippen LogP) is 6.69. The van der Waals surface area contributed by atoms with E-state index in [0.29, 0.717) is 36.2 Å². The molecule has 0 amide bonds. The zero-order valence-electron chi connectivity index (χ0n) is 24.7. The molecule has 9 heteroatoms. The Morgan fingerprint density at radius 3 is 2.51 bits per heavy atom. The molecule has 0 spiro atoms. The van der Waals surface area contributed by atoms with Gasteiger partial charge in [-0.2, -0.15) is 0 Å². The molecular weight excluding hydrogens is 563 g/mol. The number of ether oxygens (including phenoxy) is 1. The summed E-state index contributed by atoms with van der Waals surface area (Å²) in [5.74, 6) is 1.07. The molecule has 1 aliphatic heterocycles. The lowest BCUT2D eigenvalue weighted by molar-refractivity contribution is -0.119. The maximum absolute atomic E-state index is 15.0. The third-order valence-corrected chi connectivity index (χ3v) is 9.50. The SMILES string of the molecule is CC(=O)CN(C)C1CCN(Cc2ccc(-c3cc4nccc(Oc5ccc(CC(=O)CC6CC6)cc5F)c4s3)nc2)CC1. The normalized spacial score (nSPS) is 16.2. The first kappa shape index (κ1) is 29.5. The van der Waals surface area contributed by atoms with Crippen LogP contribution in [0.1, 0.15) is 50.2 Å². The van der Waals surface area contributed by atoms with Crippen LogP contribution in [0.3, 0.4) is 0 Å². The van der Waals surface area contributed by atoms with Gasteiger partial charge < -0.3 is 4.74 Å². The number of likely N-dealkylation sites (N-methyl/N-ethyl adjacent to an activating group) is 1. The van der Waals surface area contributed by atoms with Crippen LogP contribution in [-0.4, -0.2) is 64.1 Å². The maximum Gasteiger partial charge on any atom is 0.166 e. The van der Waals surface area contributed by atoms with Crippen molar-refractivity contribution >= 4 is 33.1 Å². The molecule has 43 heavy (non-hydrogen) atoms. The number of aromatic nitrogens is 2. The average Bonchev–Trinajstić information content (AvgIpc) is 3.68. The standard InChI is InChI=1S/C34H37FN4O3S/c1-22(40)20-38(2)26-10-13-39(14-11-26)21-25-5-7-29(37-19-25)33-18-30-34(43-33)32(9-12-36-30)42-31-8-6-24(17-28(31)35)16-27(41)15-23-3-4-23/h5-9,12,17-19,23,26H,3-4,10-11,13-16,20-21H2,1-2H3. The molecule has 4 heterocycles. The molecule has 7 nitrogen and oxygen atoms in total. The first-order valence-electron chi connectivity index (χ1n) is 15.0. The summed E-state index contributed by atoms with van der Waals surface area (Å²) in [4.78, 5) is 38.5. The first-order chi connectivity index (χ1) is 20.8. The Bertz CT molecular complexity index is 1610. The van der Waals surface area contributed by atoms with Crippen LogP contribution in [0.2, 0.25) is 0 Å². The number of ketones is 2. The molecule has 2 fully saturated rings. The lowest BCUT2D eigenvalue weighted by Gasteiger charge is -2.36. The van der Waals surface area contributed by atoms with E-state index in [1.54, 1.807) is 31.3 Å². The minimum Gasteiger partial charge on any atom is -0.453 e. The number of thiophene rings is 1. The third-order valence-electron chi connectivity index (χ3n) is 8.34. The fourth-order valence-electron chi connectivity index (χ4n) is 5.84. The molecule has 0 atom stereocenters. The van der Waals surface area contributed by atoms with Gasteiger partial charge in [-0.3, -0.25) is 29.4 Å². The van der Waals surface area contributed by atoms with Crippen LogP contribution in [0, 0.1) is 11.7 Å². The van der Waals surface area contributed by atoms with Gasteiger partial charge >= 0.3 is 0 Å². The summed E-state index contributed by atoms with van der Waals surface area (Å²) in [6.45, 7) is 5.02. The van der Waals surface area contributed by atoms with Gasteiger partial charge in [0, 0.05) is 43.9 Å². The highest BCUT2D eigenvalue weighted by Crippen LogP contribution is 2.39. The summed E-state index contributed by atoms with van der Waals surface area (Å²) >= 11 is 1.52. The molecule has 4 aromatic rings. The van der Waals surface area contributed by atoms with Crippen molar-refractivity contribution in [3.8, 4) is 22.1 Å². The highest BCUT2D eigenvalue weighted by atomic mass is 32.1. The summed E-state index contributed by atoms with van der Waals surface area (Å²) in [6.07, 6.45) is 8.81. The molecule has 3 aromatic heterocycles. The number of likely N-dealkylation sites (tertiary alicyclic amines) is 1. The van der Waals surface area contributed by atoms with E-state index in [4.69, 9.17) is 9.72 Å². The van der Waals surface area contributed by atoms with Crippen LogP contribution in [0.4, 0.5) is 4.39 Å². The predicted molar refractivity (Wildman–Crippen MR) is 167 cm³/mol. The van der Waals surface area contributed by atoms with E-state index in [0.717, 1.165) is 71.7 Å². The van der Waals surface area contributed by atoms with Crippen molar-refractivity contribution in [2.45, 2.75) is 58.0 Å². The van der Waals surface area contributed by atoms with E-state index in [-0.39, 0.29) is 23.7 Å². The molecule has 1 aliphatic carbocycles. The molecule has 0 radical (unpaired) electrons. The van der Waals surface area contributed by atoms with Gasteiger partial charge in [0.15, 0.2) is 11.6 Å². The molecule has 0 bridgehead atoms. The monoisotopic (exact) mass is 600 g/mol. The molecule has 1 saturated heterocycles. The van der Waals surface area contributed by atoms with Gasteiger partial charge in [-0.15, -0.1) is 11.3 Å². The number of Topliss-reactive ketones (excluding diaryl/α,β-unsaturated/α-hetero) is 2. The van der Waals surface area contributed by atoms with Crippen LogP contribution in [0.25, 0.3) is 20.8 Å². The van der Waals surface area contributed by atoms with E-state index in [1.165, 1.54) is 17.4 Å². The number of hydrogen-bond donors (Lipinski definition) is 0. The van der Waals surface area contributed by atoms with Gasteiger partial charge in [0.05, 0.1) is 27.3 Å².